The van der Waals surface area contributed by atoms with E-state index in [2.05, 4.69) is 20.4 Å². The van der Waals surface area contributed by atoms with Gasteiger partial charge in [0.1, 0.15) is 17.7 Å². The molecule has 148 valence electrons. The van der Waals surface area contributed by atoms with E-state index < -0.39 is 0 Å². The Kier molecular flexibility index (Phi) is 5.39. The summed E-state index contributed by atoms with van der Waals surface area (Å²) in [7, 11) is 4.02. The van der Waals surface area contributed by atoms with Crippen molar-refractivity contribution in [2.45, 2.75) is 6.42 Å². The van der Waals surface area contributed by atoms with Gasteiger partial charge in [0.15, 0.2) is 5.58 Å². The first-order valence-corrected chi connectivity index (χ1v) is 9.45. The van der Waals surface area contributed by atoms with E-state index in [1.807, 2.05) is 44.4 Å². The number of hydrogen-bond donors (Lipinski definition) is 1. The van der Waals surface area contributed by atoms with E-state index in [9.17, 15) is 4.79 Å². The average molecular weight is 390 g/mol. The summed E-state index contributed by atoms with van der Waals surface area (Å²) in [6.07, 6.45) is 2.44. The first-order chi connectivity index (χ1) is 14.1. The van der Waals surface area contributed by atoms with E-state index in [4.69, 9.17) is 8.94 Å². The molecule has 0 aliphatic rings. The zero-order valence-electron chi connectivity index (χ0n) is 16.4. The van der Waals surface area contributed by atoms with Gasteiger partial charge in [0.2, 0.25) is 5.89 Å². The summed E-state index contributed by atoms with van der Waals surface area (Å²) in [5, 5.41) is 7.80. The molecule has 2 aromatic carbocycles. The Balaban J connectivity index is 1.56. The van der Waals surface area contributed by atoms with Gasteiger partial charge in [0.05, 0.1) is 5.39 Å². The van der Waals surface area contributed by atoms with Crippen LogP contribution in [-0.4, -0.2) is 48.1 Å². The van der Waals surface area contributed by atoms with Crippen molar-refractivity contribution < 1.29 is 13.7 Å². The first kappa shape index (κ1) is 18.9. The number of carbonyl (C=O) groups excluding carboxylic acids is 1. The maximum absolute atomic E-state index is 12.5. The van der Waals surface area contributed by atoms with Crippen LogP contribution in [0.15, 0.2) is 63.7 Å². The van der Waals surface area contributed by atoms with E-state index in [0.29, 0.717) is 35.0 Å². The molecule has 1 amide bonds. The van der Waals surface area contributed by atoms with Gasteiger partial charge in [-0.25, -0.2) is 4.98 Å². The highest BCUT2D eigenvalue weighted by molar-refractivity contribution is 6.00. The number of oxazole rings is 1. The van der Waals surface area contributed by atoms with E-state index in [-0.39, 0.29) is 5.91 Å². The van der Waals surface area contributed by atoms with Crippen molar-refractivity contribution in [1.82, 2.24) is 20.4 Å². The maximum Gasteiger partial charge on any atom is 0.251 e. The molecule has 2 aromatic heterocycles. The van der Waals surface area contributed by atoms with Crippen LogP contribution in [0, 0.1) is 0 Å². The molecule has 0 unspecified atom stereocenters. The Morgan fingerprint density at radius 1 is 1.14 bits per heavy atom. The molecule has 0 saturated heterocycles. The van der Waals surface area contributed by atoms with E-state index >= 15 is 0 Å². The van der Waals surface area contributed by atoms with Gasteiger partial charge < -0.3 is 19.2 Å². The summed E-state index contributed by atoms with van der Waals surface area (Å²) in [4.78, 5) is 19.1. The van der Waals surface area contributed by atoms with Crippen LogP contribution < -0.4 is 5.32 Å². The molecule has 0 atom stereocenters. The summed E-state index contributed by atoms with van der Waals surface area (Å²) in [6.45, 7) is 1.54. The fraction of sp³-hybridized carbons (Fsp3) is 0.227. The lowest BCUT2D eigenvalue weighted by atomic mass is 10.1. The molecule has 4 aromatic rings. The molecular formula is C22H22N4O3. The summed E-state index contributed by atoms with van der Waals surface area (Å²) >= 11 is 0. The van der Waals surface area contributed by atoms with Crippen molar-refractivity contribution in [3.05, 3.63) is 60.4 Å². The highest BCUT2D eigenvalue weighted by Gasteiger charge is 2.17. The van der Waals surface area contributed by atoms with Gasteiger partial charge in [-0.05, 0) is 57.4 Å². The van der Waals surface area contributed by atoms with Crippen molar-refractivity contribution in [3.63, 3.8) is 0 Å². The van der Waals surface area contributed by atoms with Crippen LogP contribution in [0.25, 0.3) is 33.8 Å². The minimum absolute atomic E-state index is 0.122. The zero-order valence-corrected chi connectivity index (χ0v) is 16.4. The minimum Gasteiger partial charge on any atom is -0.444 e. The lowest BCUT2D eigenvalue weighted by Gasteiger charge is -2.09. The molecule has 0 spiro atoms. The van der Waals surface area contributed by atoms with E-state index in [1.165, 1.54) is 0 Å². The van der Waals surface area contributed by atoms with Crippen molar-refractivity contribution in [2.24, 2.45) is 0 Å². The number of rotatable bonds is 7. The van der Waals surface area contributed by atoms with Crippen molar-refractivity contribution in [3.8, 4) is 22.8 Å². The Labute approximate surface area is 168 Å². The molecule has 7 nitrogen and oxygen atoms in total. The fourth-order valence-electron chi connectivity index (χ4n) is 3.06. The summed E-state index contributed by atoms with van der Waals surface area (Å²) < 4.78 is 11.0. The van der Waals surface area contributed by atoms with Crippen LogP contribution in [0.4, 0.5) is 0 Å². The number of nitrogens with one attached hydrogen (secondary N) is 1. The summed E-state index contributed by atoms with van der Waals surface area (Å²) in [6, 6.07) is 14.9. The minimum atomic E-state index is -0.122. The predicted molar refractivity (Wildman–Crippen MR) is 110 cm³/mol. The average Bonchev–Trinajstić information content (AvgIpc) is 3.38. The van der Waals surface area contributed by atoms with Crippen molar-refractivity contribution in [1.29, 1.82) is 0 Å². The summed E-state index contributed by atoms with van der Waals surface area (Å²) in [5.41, 5.74) is 3.13. The number of fused-ring (bicyclic) bond motifs is 1. The topological polar surface area (TPSA) is 84.4 Å². The SMILES string of the molecule is CN(C)CCCNC(=O)c1ccc2onc(-c3coc(-c4ccccc4)n3)c2c1. The number of nitrogens with zero attached hydrogens (tertiary/aromatic N) is 3. The lowest BCUT2D eigenvalue weighted by Crippen LogP contribution is -2.27. The molecular weight excluding hydrogens is 368 g/mol. The molecule has 0 radical (unpaired) electrons. The second-order valence-corrected chi connectivity index (χ2v) is 7.06. The van der Waals surface area contributed by atoms with Crippen LogP contribution in [0.5, 0.6) is 0 Å². The molecule has 0 bridgehead atoms. The molecule has 0 saturated carbocycles. The highest BCUT2D eigenvalue weighted by Crippen LogP contribution is 2.30. The normalized spacial score (nSPS) is 11.3. The molecule has 1 N–H and O–H groups in total. The van der Waals surface area contributed by atoms with Gasteiger partial charge in [-0.15, -0.1) is 0 Å². The molecule has 4 rings (SSSR count). The highest BCUT2D eigenvalue weighted by atomic mass is 16.5. The van der Waals surface area contributed by atoms with E-state index in [0.717, 1.165) is 23.9 Å². The van der Waals surface area contributed by atoms with Crippen LogP contribution in [-0.2, 0) is 0 Å². The Morgan fingerprint density at radius 3 is 2.76 bits per heavy atom. The van der Waals surface area contributed by atoms with Crippen molar-refractivity contribution in [2.75, 3.05) is 27.2 Å². The molecule has 7 heteroatoms. The van der Waals surface area contributed by atoms with Gasteiger partial charge >= 0.3 is 0 Å². The predicted octanol–water partition coefficient (Wildman–Crippen LogP) is 3.83. The quantitative estimate of drug-likeness (QED) is 0.483. The fourth-order valence-corrected chi connectivity index (χ4v) is 3.06. The van der Waals surface area contributed by atoms with Gasteiger partial charge in [-0.2, -0.15) is 0 Å². The van der Waals surface area contributed by atoms with Gasteiger partial charge in [0.25, 0.3) is 5.91 Å². The molecule has 29 heavy (non-hydrogen) atoms. The Bertz CT molecular complexity index is 1120. The van der Waals surface area contributed by atoms with Crippen LogP contribution in [0.3, 0.4) is 0 Å². The number of amides is 1. The third-order valence-corrected chi connectivity index (χ3v) is 4.57. The van der Waals surface area contributed by atoms with Crippen LogP contribution >= 0.6 is 0 Å². The van der Waals surface area contributed by atoms with Gasteiger partial charge in [0, 0.05) is 17.7 Å². The number of carbonyl (C=O) groups is 1. The molecule has 0 fully saturated rings. The van der Waals surface area contributed by atoms with Gasteiger partial charge in [-0.3, -0.25) is 4.79 Å². The third-order valence-electron chi connectivity index (χ3n) is 4.57. The molecule has 0 aliphatic heterocycles. The maximum atomic E-state index is 12.5. The monoisotopic (exact) mass is 390 g/mol. The second kappa shape index (κ2) is 8.28. The largest absolute Gasteiger partial charge is 0.444 e. The number of hydrogen-bond acceptors (Lipinski definition) is 6. The lowest BCUT2D eigenvalue weighted by molar-refractivity contribution is 0.0952. The van der Waals surface area contributed by atoms with Crippen LogP contribution in [0.1, 0.15) is 16.8 Å². The second-order valence-electron chi connectivity index (χ2n) is 7.06. The standard InChI is InChI=1S/C22H22N4O3/c1-26(2)12-6-11-23-21(27)16-9-10-19-17(13-16)20(25-29-19)18-14-28-22(24-18)15-7-4-3-5-8-15/h3-5,7-10,13-14H,6,11-12H2,1-2H3,(H,23,27). The molecule has 2 heterocycles. The number of benzene rings is 2. The number of aromatic nitrogens is 2. The summed E-state index contributed by atoms with van der Waals surface area (Å²) in [5.74, 6) is 0.384. The Hall–Kier alpha value is -3.45. The van der Waals surface area contributed by atoms with Gasteiger partial charge in [-0.1, -0.05) is 23.4 Å². The van der Waals surface area contributed by atoms with Crippen molar-refractivity contribution >= 4 is 16.9 Å². The molecule has 0 aliphatic carbocycles. The first-order valence-electron chi connectivity index (χ1n) is 9.45. The third kappa shape index (κ3) is 4.20. The Morgan fingerprint density at radius 2 is 1.97 bits per heavy atom. The zero-order chi connectivity index (χ0) is 20.2. The van der Waals surface area contributed by atoms with E-state index in [1.54, 1.807) is 24.5 Å². The van der Waals surface area contributed by atoms with Crippen LogP contribution in [0.2, 0.25) is 0 Å². The smallest absolute Gasteiger partial charge is 0.251 e.